The summed E-state index contributed by atoms with van der Waals surface area (Å²) in [6.45, 7) is 11.0. The SMILES string of the molecule is CCCC(NC(=O)[C@@H](NC(=O)OCc1ccccc1)C(C)C)C(=O)C(CCC)NC(=O)[C@@H](NC(=O)OCc1ccccc1)C(C)C. The summed E-state index contributed by atoms with van der Waals surface area (Å²) >= 11 is 0. The van der Waals surface area contributed by atoms with Crippen molar-refractivity contribution in [1.29, 1.82) is 0 Å². The van der Waals surface area contributed by atoms with Gasteiger partial charge < -0.3 is 30.7 Å². The van der Waals surface area contributed by atoms with Gasteiger partial charge in [-0.25, -0.2) is 9.59 Å². The maximum Gasteiger partial charge on any atom is 0.408 e. The van der Waals surface area contributed by atoms with Crippen LogP contribution in [0.2, 0.25) is 0 Å². The van der Waals surface area contributed by atoms with E-state index in [2.05, 4.69) is 21.3 Å². The fourth-order valence-electron chi connectivity index (χ4n) is 4.77. The van der Waals surface area contributed by atoms with E-state index in [4.69, 9.17) is 9.47 Å². The number of hydrogen-bond donors (Lipinski definition) is 4. The van der Waals surface area contributed by atoms with Gasteiger partial charge in [0.25, 0.3) is 0 Å². The third-order valence-corrected chi connectivity index (χ3v) is 7.35. The van der Waals surface area contributed by atoms with Crippen molar-refractivity contribution in [2.75, 3.05) is 0 Å². The molecule has 0 aromatic heterocycles. The molecule has 11 nitrogen and oxygen atoms in total. The number of ketones is 1. The van der Waals surface area contributed by atoms with E-state index in [-0.39, 0.29) is 30.8 Å². The van der Waals surface area contributed by atoms with Crippen molar-refractivity contribution in [2.45, 2.75) is 105 Å². The van der Waals surface area contributed by atoms with Crippen LogP contribution in [-0.2, 0) is 37.1 Å². The second-order valence-electron chi connectivity index (χ2n) is 12.0. The molecule has 0 aliphatic heterocycles. The maximum absolute atomic E-state index is 13.8. The molecule has 252 valence electrons. The van der Waals surface area contributed by atoms with Crippen LogP contribution in [0.3, 0.4) is 0 Å². The quantitative estimate of drug-likeness (QED) is 0.179. The van der Waals surface area contributed by atoms with Gasteiger partial charge in [-0.1, -0.05) is 115 Å². The smallest absolute Gasteiger partial charge is 0.408 e. The van der Waals surface area contributed by atoms with Crippen molar-refractivity contribution in [1.82, 2.24) is 21.3 Å². The minimum atomic E-state index is -0.953. The fraction of sp³-hybridized carbons (Fsp3) is 0.514. The molecular weight excluding hydrogens is 588 g/mol. The average molecular weight is 639 g/mol. The van der Waals surface area contributed by atoms with E-state index >= 15 is 0 Å². The van der Waals surface area contributed by atoms with Crippen LogP contribution in [0.4, 0.5) is 9.59 Å². The van der Waals surface area contributed by atoms with Gasteiger partial charge >= 0.3 is 12.2 Å². The molecule has 0 radical (unpaired) electrons. The van der Waals surface area contributed by atoms with Crippen LogP contribution in [-0.4, -0.2) is 54.0 Å². The number of Topliss-reactive ketones (excluding diaryl/α,β-unsaturated/α-hetero) is 1. The molecule has 0 aliphatic rings. The molecule has 4 N–H and O–H groups in total. The molecule has 46 heavy (non-hydrogen) atoms. The molecule has 11 heteroatoms. The van der Waals surface area contributed by atoms with Gasteiger partial charge in [0.05, 0.1) is 12.1 Å². The first-order valence-corrected chi connectivity index (χ1v) is 16.1. The molecule has 0 fully saturated rings. The summed E-state index contributed by atoms with van der Waals surface area (Å²) in [6.07, 6.45) is 0.351. The molecular formula is C35H50N4O7. The van der Waals surface area contributed by atoms with Gasteiger partial charge in [0.1, 0.15) is 25.3 Å². The molecule has 0 bridgehead atoms. The normalized spacial score (nSPS) is 13.6. The van der Waals surface area contributed by atoms with Gasteiger partial charge in [0.2, 0.25) is 11.8 Å². The minimum absolute atomic E-state index is 0.0470. The lowest BCUT2D eigenvalue weighted by molar-refractivity contribution is -0.133. The van der Waals surface area contributed by atoms with Crippen molar-refractivity contribution >= 4 is 29.8 Å². The van der Waals surface area contributed by atoms with Gasteiger partial charge in [-0.2, -0.15) is 0 Å². The molecule has 2 aromatic carbocycles. The lowest BCUT2D eigenvalue weighted by atomic mass is 9.95. The second kappa shape index (κ2) is 19.9. The molecule has 2 rings (SSSR count). The van der Waals surface area contributed by atoms with Crippen LogP contribution in [0.15, 0.2) is 60.7 Å². The van der Waals surface area contributed by atoms with Gasteiger partial charge in [-0.05, 0) is 35.8 Å². The molecule has 4 amide bonds. The Labute approximate surface area is 272 Å². The summed E-state index contributed by atoms with van der Waals surface area (Å²) in [6, 6.07) is 14.6. The number of nitrogens with one attached hydrogen (secondary N) is 4. The highest BCUT2D eigenvalue weighted by Gasteiger charge is 2.34. The van der Waals surface area contributed by atoms with E-state index in [1.807, 2.05) is 74.5 Å². The predicted molar refractivity (Wildman–Crippen MR) is 175 cm³/mol. The lowest BCUT2D eigenvalue weighted by Crippen LogP contribution is -2.58. The largest absolute Gasteiger partial charge is 0.445 e. The van der Waals surface area contributed by atoms with Crippen molar-refractivity contribution in [3.05, 3.63) is 71.8 Å². The summed E-state index contributed by atoms with van der Waals surface area (Å²) < 4.78 is 10.6. The highest BCUT2D eigenvalue weighted by molar-refractivity contribution is 5.97. The first kappa shape index (κ1) is 37.8. The van der Waals surface area contributed by atoms with Gasteiger partial charge in [-0.3, -0.25) is 14.4 Å². The zero-order chi connectivity index (χ0) is 34.1. The molecule has 0 saturated carbocycles. The van der Waals surface area contributed by atoms with Crippen molar-refractivity contribution in [3.8, 4) is 0 Å². The van der Waals surface area contributed by atoms with Crippen LogP contribution < -0.4 is 21.3 Å². The number of alkyl carbamates (subject to hydrolysis) is 2. The number of hydrogen-bond acceptors (Lipinski definition) is 7. The summed E-state index contributed by atoms with van der Waals surface area (Å²) in [7, 11) is 0. The second-order valence-corrected chi connectivity index (χ2v) is 12.0. The Kier molecular flexibility index (Phi) is 16.3. The standard InChI is InChI=1S/C35H50N4O7/c1-7-15-27(36-32(41)29(23(3)4)38-34(43)45-21-25-17-11-9-12-18-25)31(40)28(16-8-2)37-33(42)30(24(5)6)39-35(44)46-22-26-19-13-10-14-20-26/h9-14,17-20,23-24,27-30H,7-8,15-16,21-22H2,1-6H3,(H,36,41)(H,37,42)(H,38,43)(H,39,44)/t27?,28?,29-,30-/m0/s1. The van der Waals surface area contributed by atoms with Crippen molar-refractivity contribution < 1.29 is 33.4 Å². The summed E-state index contributed by atoms with van der Waals surface area (Å²) in [5.41, 5.74) is 1.61. The lowest BCUT2D eigenvalue weighted by Gasteiger charge is -2.29. The first-order chi connectivity index (χ1) is 22.0. The first-order valence-electron chi connectivity index (χ1n) is 16.1. The monoisotopic (exact) mass is 638 g/mol. The Morgan fingerprint density at radius 1 is 0.565 bits per heavy atom. The van der Waals surface area contributed by atoms with Crippen LogP contribution in [0, 0.1) is 11.8 Å². The Bertz CT molecular complexity index is 1160. The fourth-order valence-corrected chi connectivity index (χ4v) is 4.77. The third kappa shape index (κ3) is 12.9. The third-order valence-electron chi connectivity index (χ3n) is 7.35. The molecule has 0 saturated heterocycles. The van der Waals surface area contributed by atoms with Gasteiger partial charge in [0.15, 0.2) is 5.78 Å². The topological polar surface area (TPSA) is 152 Å². The van der Waals surface area contributed by atoms with Crippen LogP contribution in [0.1, 0.15) is 78.4 Å². The van der Waals surface area contributed by atoms with Gasteiger partial charge in [0, 0.05) is 0 Å². The molecule has 2 unspecified atom stereocenters. The molecule has 0 heterocycles. The number of carbonyl (C=O) groups is 5. The van der Waals surface area contributed by atoms with E-state index in [1.54, 1.807) is 27.7 Å². The van der Waals surface area contributed by atoms with E-state index in [0.717, 1.165) is 11.1 Å². The van der Waals surface area contributed by atoms with Crippen LogP contribution in [0.25, 0.3) is 0 Å². The number of carbonyl (C=O) groups excluding carboxylic acids is 5. The Hall–Kier alpha value is -4.41. The number of benzene rings is 2. The summed E-state index contributed by atoms with van der Waals surface area (Å²) in [5.74, 6) is -2.00. The zero-order valence-corrected chi connectivity index (χ0v) is 27.8. The summed E-state index contributed by atoms with van der Waals surface area (Å²) in [4.78, 5) is 65.6. The molecule has 4 atom stereocenters. The van der Waals surface area contributed by atoms with E-state index in [9.17, 15) is 24.0 Å². The Morgan fingerprint density at radius 2 is 0.913 bits per heavy atom. The van der Waals surface area contributed by atoms with Crippen molar-refractivity contribution in [3.63, 3.8) is 0 Å². The highest BCUT2D eigenvalue weighted by Crippen LogP contribution is 2.12. The van der Waals surface area contributed by atoms with Crippen molar-refractivity contribution in [2.24, 2.45) is 11.8 Å². The number of ether oxygens (including phenoxy) is 2. The molecule has 0 aliphatic carbocycles. The summed E-state index contributed by atoms with van der Waals surface area (Å²) in [5, 5.41) is 10.9. The molecule has 2 aromatic rings. The highest BCUT2D eigenvalue weighted by atomic mass is 16.6. The minimum Gasteiger partial charge on any atom is -0.445 e. The predicted octanol–water partition coefficient (Wildman–Crippen LogP) is 5.03. The Balaban J connectivity index is 2.07. The average Bonchev–Trinajstić information content (AvgIpc) is 3.04. The Morgan fingerprint density at radius 3 is 1.22 bits per heavy atom. The van der Waals surface area contributed by atoms with E-state index < -0.39 is 48.2 Å². The van der Waals surface area contributed by atoms with E-state index in [0.29, 0.717) is 25.7 Å². The number of rotatable bonds is 18. The van der Waals surface area contributed by atoms with E-state index in [1.165, 1.54) is 0 Å². The molecule has 0 spiro atoms. The number of amides is 4. The van der Waals surface area contributed by atoms with Crippen LogP contribution in [0.5, 0.6) is 0 Å². The maximum atomic E-state index is 13.8. The van der Waals surface area contributed by atoms with Crippen LogP contribution >= 0.6 is 0 Å². The zero-order valence-electron chi connectivity index (χ0n) is 27.8. The van der Waals surface area contributed by atoms with Gasteiger partial charge in [-0.15, -0.1) is 0 Å².